The predicted octanol–water partition coefficient (Wildman–Crippen LogP) is 9.20. The number of halogens is 3. The minimum absolute atomic E-state index is 0.0909. The van der Waals surface area contributed by atoms with Crippen LogP contribution < -0.4 is 10.6 Å². The zero-order chi connectivity index (χ0) is 29.4. The van der Waals surface area contributed by atoms with E-state index in [4.69, 9.17) is 0 Å². The topological polar surface area (TPSA) is 58.2 Å². The van der Waals surface area contributed by atoms with E-state index in [9.17, 15) is 18.4 Å². The number of aryl methyl sites for hydroxylation is 2. The molecule has 7 heteroatoms. The fraction of sp³-hybridized carbons (Fsp3) is 0.0588. The van der Waals surface area contributed by atoms with Crippen molar-refractivity contribution in [3.63, 3.8) is 0 Å². The Morgan fingerprint density at radius 1 is 0.585 bits per heavy atom. The van der Waals surface area contributed by atoms with Gasteiger partial charge in [-0.05, 0) is 85.1 Å². The summed E-state index contributed by atoms with van der Waals surface area (Å²) in [6, 6.07) is 32.4. The van der Waals surface area contributed by atoms with Crippen LogP contribution >= 0.6 is 15.9 Å². The SMILES string of the molecule is Cc1ccc(-c2c(F)cccc2F)cc1NC(=O)c1ccccc1.Cc1ccc(Br)cc1NC(=O)c1ccccc1. The number of carbonyl (C=O) groups excluding carboxylic acids is 2. The highest BCUT2D eigenvalue weighted by Gasteiger charge is 2.14. The average Bonchev–Trinajstić information content (AvgIpc) is 2.97. The number of amides is 2. The molecule has 0 bridgehead atoms. The lowest BCUT2D eigenvalue weighted by atomic mass is 10.0. The highest BCUT2D eigenvalue weighted by molar-refractivity contribution is 9.10. The van der Waals surface area contributed by atoms with Crippen LogP contribution in [-0.2, 0) is 0 Å². The lowest BCUT2D eigenvalue weighted by molar-refractivity contribution is 0.101. The third-order valence-corrected chi connectivity index (χ3v) is 6.75. The van der Waals surface area contributed by atoms with Crippen LogP contribution in [0.2, 0.25) is 0 Å². The minimum atomic E-state index is -0.640. The normalized spacial score (nSPS) is 10.3. The van der Waals surface area contributed by atoms with Gasteiger partial charge in [0.1, 0.15) is 11.6 Å². The number of carbonyl (C=O) groups is 2. The zero-order valence-electron chi connectivity index (χ0n) is 22.4. The monoisotopic (exact) mass is 612 g/mol. The van der Waals surface area contributed by atoms with E-state index in [0.29, 0.717) is 22.4 Å². The highest BCUT2D eigenvalue weighted by Crippen LogP contribution is 2.30. The molecule has 0 saturated carbocycles. The second-order valence-corrected chi connectivity index (χ2v) is 10.1. The number of hydrogen-bond donors (Lipinski definition) is 2. The van der Waals surface area contributed by atoms with Gasteiger partial charge in [0.15, 0.2) is 0 Å². The highest BCUT2D eigenvalue weighted by atomic mass is 79.9. The quantitative estimate of drug-likeness (QED) is 0.208. The summed E-state index contributed by atoms with van der Waals surface area (Å²) >= 11 is 3.39. The van der Waals surface area contributed by atoms with E-state index in [-0.39, 0.29) is 17.4 Å². The number of anilines is 2. The summed E-state index contributed by atoms with van der Waals surface area (Å²) < 4.78 is 28.9. The van der Waals surface area contributed by atoms with Gasteiger partial charge in [0.2, 0.25) is 0 Å². The maximum absolute atomic E-state index is 14.0. The first kappa shape index (κ1) is 29.4. The van der Waals surface area contributed by atoms with E-state index < -0.39 is 11.6 Å². The summed E-state index contributed by atoms with van der Waals surface area (Å²) in [4.78, 5) is 24.2. The van der Waals surface area contributed by atoms with Crippen molar-refractivity contribution in [2.75, 3.05) is 10.6 Å². The van der Waals surface area contributed by atoms with E-state index in [0.717, 1.165) is 21.3 Å². The van der Waals surface area contributed by atoms with Gasteiger partial charge < -0.3 is 10.6 Å². The largest absolute Gasteiger partial charge is 0.322 e. The molecule has 5 rings (SSSR count). The third-order valence-electron chi connectivity index (χ3n) is 6.26. The maximum atomic E-state index is 14.0. The van der Waals surface area contributed by atoms with E-state index in [2.05, 4.69) is 26.6 Å². The molecule has 0 aromatic heterocycles. The Bertz CT molecular complexity index is 1660. The second kappa shape index (κ2) is 13.6. The van der Waals surface area contributed by atoms with Crippen LogP contribution in [0.1, 0.15) is 31.8 Å². The first-order valence-corrected chi connectivity index (χ1v) is 13.6. The minimum Gasteiger partial charge on any atom is -0.322 e. The van der Waals surface area contributed by atoms with Crippen molar-refractivity contribution >= 4 is 39.1 Å². The van der Waals surface area contributed by atoms with Crippen LogP contribution in [0.4, 0.5) is 20.2 Å². The summed E-state index contributed by atoms with van der Waals surface area (Å²) in [6.07, 6.45) is 0. The maximum Gasteiger partial charge on any atom is 0.255 e. The van der Waals surface area contributed by atoms with Crippen LogP contribution in [0.25, 0.3) is 11.1 Å². The van der Waals surface area contributed by atoms with Crippen molar-refractivity contribution in [3.05, 3.63) is 154 Å². The lowest BCUT2D eigenvalue weighted by Gasteiger charge is -2.12. The Labute approximate surface area is 246 Å². The van der Waals surface area contributed by atoms with Gasteiger partial charge in [-0.15, -0.1) is 0 Å². The van der Waals surface area contributed by atoms with E-state index in [1.807, 2.05) is 56.3 Å². The van der Waals surface area contributed by atoms with Gasteiger partial charge >= 0.3 is 0 Å². The molecule has 0 radical (unpaired) electrons. The van der Waals surface area contributed by atoms with Crippen molar-refractivity contribution in [1.29, 1.82) is 0 Å². The molecule has 2 N–H and O–H groups in total. The Morgan fingerprint density at radius 3 is 1.56 bits per heavy atom. The first-order valence-electron chi connectivity index (χ1n) is 12.8. The standard InChI is InChI=1S/C20H15F2NO.C14H12BrNO/c1-13-10-11-15(19-16(21)8-5-9-17(19)22)12-18(13)23-20(24)14-6-3-2-4-7-14;1-10-7-8-12(15)9-13(10)16-14(17)11-5-3-2-4-6-11/h2-12H,1H3,(H,23,24);2-9H,1H3,(H,16,17). The molecule has 5 aromatic rings. The summed E-state index contributed by atoms with van der Waals surface area (Å²) in [7, 11) is 0. The Morgan fingerprint density at radius 2 is 1.05 bits per heavy atom. The van der Waals surface area contributed by atoms with Gasteiger partial charge in [-0.2, -0.15) is 0 Å². The molecule has 0 aliphatic rings. The lowest BCUT2D eigenvalue weighted by Crippen LogP contribution is -2.12. The number of rotatable bonds is 5. The van der Waals surface area contributed by atoms with E-state index in [1.165, 1.54) is 18.2 Å². The molecular weight excluding hydrogens is 586 g/mol. The Balaban J connectivity index is 0.000000201. The summed E-state index contributed by atoms with van der Waals surface area (Å²) in [5, 5.41) is 5.69. The van der Waals surface area contributed by atoms with Crippen molar-refractivity contribution in [1.82, 2.24) is 0 Å². The molecular formula is C34H27BrF2N2O2. The molecule has 0 saturated heterocycles. The summed E-state index contributed by atoms with van der Waals surface area (Å²) in [5.74, 6) is -1.64. The van der Waals surface area contributed by atoms with Crippen LogP contribution in [-0.4, -0.2) is 11.8 Å². The van der Waals surface area contributed by atoms with Crippen molar-refractivity contribution < 1.29 is 18.4 Å². The molecule has 0 unspecified atom stereocenters. The van der Waals surface area contributed by atoms with Gasteiger partial charge in [-0.25, -0.2) is 8.78 Å². The molecule has 0 fully saturated rings. The molecule has 0 heterocycles. The first-order chi connectivity index (χ1) is 19.7. The number of hydrogen-bond acceptors (Lipinski definition) is 2. The van der Waals surface area contributed by atoms with Gasteiger partial charge in [0.25, 0.3) is 11.8 Å². The third kappa shape index (κ3) is 7.74. The predicted molar refractivity (Wildman–Crippen MR) is 164 cm³/mol. The Hall–Kier alpha value is -4.62. The van der Waals surface area contributed by atoms with Crippen molar-refractivity contribution in [3.8, 4) is 11.1 Å². The van der Waals surface area contributed by atoms with Gasteiger partial charge in [0, 0.05) is 27.0 Å². The summed E-state index contributed by atoms with van der Waals surface area (Å²) in [6.45, 7) is 3.79. The molecule has 2 amide bonds. The molecule has 0 aliphatic heterocycles. The average molecular weight is 614 g/mol. The van der Waals surface area contributed by atoms with E-state index >= 15 is 0 Å². The molecule has 5 aromatic carbocycles. The smallest absolute Gasteiger partial charge is 0.255 e. The van der Waals surface area contributed by atoms with Gasteiger partial charge in [0.05, 0.1) is 5.56 Å². The van der Waals surface area contributed by atoms with Gasteiger partial charge in [-0.3, -0.25) is 9.59 Å². The fourth-order valence-corrected chi connectivity index (χ4v) is 4.34. The number of nitrogens with one attached hydrogen (secondary N) is 2. The fourth-order valence-electron chi connectivity index (χ4n) is 3.98. The molecule has 41 heavy (non-hydrogen) atoms. The van der Waals surface area contributed by atoms with Crippen LogP contribution in [0, 0.1) is 25.5 Å². The van der Waals surface area contributed by atoms with Crippen LogP contribution in [0.5, 0.6) is 0 Å². The van der Waals surface area contributed by atoms with Gasteiger partial charge in [-0.1, -0.05) is 76.6 Å². The summed E-state index contributed by atoms with van der Waals surface area (Å²) in [5.41, 5.74) is 4.63. The second-order valence-electron chi connectivity index (χ2n) is 9.23. The molecule has 0 aliphatic carbocycles. The molecule has 0 atom stereocenters. The molecule has 206 valence electrons. The molecule has 0 spiro atoms. The van der Waals surface area contributed by atoms with Crippen molar-refractivity contribution in [2.45, 2.75) is 13.8 Å². The number of benzene rings is 5. The van der Waals surface area contributed by atoms with Crippen molar-refractivity contribution in [2.24, 2.45) is 0 Å². The van der Waals surface area contributed by atoms with E-state index in [1.54, 1.807) is 54.6 Å². The van der Waals surface area contributed by atoms with Crippen LogP contribution in [0.3, 0.4) is 0 Å². The Kier molecular flexibility index (Phi) is 9.77. The van der Waals surface area contributed by atoms with Crippen LogP contribution in [0.15, 0.2) is 120 Å². The zero-order valence-corrected chi connectivity index (χ0v) is 24.0. The molecule has 4 nitrogen and oxygen atoms in total.